The molecule has 0 spiro atoms. The van der Waals surface area contributed by atoms with Crippen molar-refractivity contribution in [3.8, 4) is 0 Å². The second kappa shape index (κ2) is 6.98. The van der Waals surface area contributed by atoms with Crippen molar-refractivity contribution < 1.29 is 4.79 Å². The summed E-state index contributed by atoms with van der Waals surface area (Å²) in [5.41, 5.74) is 9.06. The zero-order valence-electron chi connectivity index (χ0n) is 12.6. The van der Waals surface area contributed by atoms with Crippen molar-refractivity contribution in [3.63, 3.8) is 0 Å². The third kappa shape index (κ3) is 4.35. The topological polar surface area (TPSA) is 80.9 Å². The van der Waals surface area contributed by atoms with E-state index in [0.717, 1.165) is 16.8 Å². The number of nitrogen functional groups attached to an aromatic ring is 1. The van der Waals surface area contributed by atoms with Gasteiger partial charge in [0.1, 0.15) is 5.82 Å². The fourth-order valence-corrected chi connectivity index (χ4v) is 3.09. The van der Waals surface area contributed by atoms with Gasteiger partial charge in [-0.15, -0.1) is 0 Å². The van der Waals surface area contributed by atoms with Crippen molar-refractivity contribution in [3.05, 3.63) is 40.0 Å². The highest BCUT2D eigenvalue weighted by molar-refractivity contribution is 7.99. The van der Waals surface area contributed by atoms with Crippen LogP contribution in [0.2, 0.25) is 5.02 Å². The SMILES string of the molecule is Cc1cc(C)c(NC(=O)CSc2nc(C)cc(N)n2)c(Cl)c1. The van der Waals surface area contributed by atoms with Gasteiger partial charge >= 0.3 is 0 Å². The Bertz CT molecular complexity index is 677. The van der Waals surface area contributed by atoms with E-state index in [1.165, 1.54) is 11.8 Å². The van der Waals surface area contributed by atoms with Crippen molar-refractivity contribution in [2.45, 2.75) is 25.9 Å². The van der Waals surface area contributed by atoms with Gasteiger partial charge in [-0.2, -0.15) is 0 Å². The van der Waals surface area contributed by atoms with Crippen LogP contribution in [0.3, 0.4) is 0 Å². The van der Waals surface area contributed by atoms with E-state index >= 15 is 0 Å². The molecule has 0 aliphatic carbocycles. The van der Waals surface area contributed by atoms with E-state index in [1.807, 2.05) is 32.9 Å². The van der Waals surface area contributed by atoms with E-state index in [-0.39, 0.29) is 11.7 Å². The van der Waals surface area contributed by atoms with Gasteiger partial charge in [0.15, 0.2) is 5.16 Å². The van der Waals surface area contributed by atoms with E-state index in [9.17, 15) is 4.79 Å². The summed E-state index contributed by atoms with van der Waals surface area (Å²) in [7, 11) is 0. The number of hydrogen-bond acceptors (Lipinski definition) is 5. The van der Waals surface area contributed by atoms with Crippen molar-refractivity contribution >= 4 is 40.8 Å². The molecule has 2 aromatic rings. The summed E-state index contributed by atoms with van der Waals surface area (Å²) in [4.78, 5) is 20.4. The number of aryl methyl sites for hydroxylation is 3. The smallest absolute Gasteiger partial charge is 0.234 e. The quantitative estimate of drug-likeness (QED) is 0.661. The predicted octanol–water partition coefficient (Wildman–Crippen LogP) is 3.37. The minimum Gasteiger partial charge on any atom is -0.384 e. The number of nitrogens with zero attached hydrogens (tertiary/aromatic N) is 2. The molecule has 0 aliphatic heterocycles. The molecule has 0 saturated carbocycles. The van der Waals surface area contributed by atoms with Gasteiger partial charge in [0.2, 0.25) is 5.91 Å². The number of halogens is 1. The van der Waals surface area contributed by atoms with Crippen LogP contribution in [-0.2, 0) is 4.79 Å². The molecule has 0 atom stereocenters. The van der Waals surface area contributed by atoms with Crippen LogP contribution in [0, 0.1) is 20.8 Å². The summed E-state index contributed by atoms with van der Waals surface area (Å²) >= 11 is 7.41. The van der Waals surface area contributed by atoms with E-state index in [2.05, 4.69) is 15.3 Å². The maximum atomic E-state index is 12.1. The molecule has 1 aromatic carbocycles. The molecule has 1 aromatic heterocycles. The normalized spacial score (nSPS) is 10.5. The van der Waals surface area contributed by atoms with Crippen LogP contribution in [0.4, 0.5) is 11.5 Å². The third-order valence-corrected chi connectivity index (χ3v) is 4.03. The number of thioether (sulfide) groups is 1. The molecule has 7 heteroatoms. The van der Waals surface area contributed by atoms with Gasteiger partial charge in [0.05, 0.1) is 16.5 Å². The number of carbonyl (C=O) groups excluding carboxylic acids is 1. The molecule has 116 valence electrons. The van der Waals surface area contributed by atoms with Crippen molar-refractivity contribution in [2.24, 2.45) is 0 Å². The van der Waals surface area contributed by atoms with Crippen LogP contribution in [0.25, 0.3) is 0 Å². The third-order valence-electron chi connectivity index (χ3n) is 2.88. The van der Waals surface area contributed by atoms with Gasteiger partial charge in [-0.3, -0.25) is 4.79 Å². The molecule has 1 amide bonds. The first-order chi connectivity index (χ1) is 10.3. The number of aromatic nitrogens is 2. The van der Waals surface area contributed by atoms with Crippen LogP contribution < -0.4 is 11.1 Å². The lowest BCUT2D eigenvalue weighted by atomic mass is 10.1. The molecule has 0 aliphatic rings. The van der Waals surface area contributed by atoms with Gasteiger partial charge in [0.25, 0.3) is 0 Å². The average Bonchev–Trinajstić information content (AvgIpc) is 2.39. The molecular weight excluding hydrogens is 320 g/mol. The summed E-state index contributed by atoms with van der Waals surface area (Å²) in [5, 5.41) is 3.85. The zero-order chi connectivity index (χ0) is 16.3. The van der Waals surface area contributed by atoms with Crippen molar-refractivity contribution in [1.82, 2.24) is 9.97 Å². The minimum atomic E-state index is -0.164. The molecule has 0 bridgehead atoms. The van der Waals surface area contributed by atoms with E-state index in [4.69, 9.17) is 17.3 Å². The molecule has 0 saturated heterocycles. The standard InChI is InChI=1S/C15H17ClN4OS/c1-8-4-9(2)14(11(16)5-8)20-13(21)7-22-15-18-10(3)6-12(17)19-15/h4-6H,7H2,1-3H3,(H,20,21)(H2,17,18,19). The second-order valence-corrected chi connectivity index (χ2v) is 6.34. The Morgan fingerprint density at radius 1 is 1.27 bits per heavy atom. The molecule has 2 rings (SSSR count). The fraction of sp³-hybridized carbons (Fsp3) is 0.267. The number of nitrogens with one attached hydrogen (secondary N) is 1. The van der Waals surface area contributed by atoms with Gasteiger partial charge in [0, 0.05) is 11.8 Å². The maximum Gasteiger partial charge on any atom is 0.234 e. The lowest BCUT2D eigenvalue weighted by Gasteiger charge is -2.11. The first-order valence-corrected chi connectivity index (χ1v) is 8.02. The Labute approximate surface area is 138 Å². The Balaban J connectivity index is 2.02. The molecule has 5 nitrogen and oxygen atoms in total. The summed E-state index contributed by atoms with van der Waals surface area (Å²) in [6, 6.07) is 5.47. The highest BCUT2D eigenvalue weighted by atomic mass is 35.5. The Morgan fingerprint density at radius 2 is 2.00 bits per heavy atom. The predicted molar refractivity (Wildman–Crippen MR) is 91.5 cm³/mol. The first-order valence-electron chi connectivity index (χ1n) is 6.65. The summed E-state index contributed by atoms with van der Waals surface area (Å²) in [6.45, 7) is 5.70. The second-order valence-electron chi connectivity index (χ2n) is 4.99. The van der Waals surface area contributed by atoms with Crippen LogP contribution in [-0.4, -0.2) is 21.6 Å². The molecule has 0 fully saturated rings. The molecular formula is C15H17ClN4OS. The van der Waals surface area contributed by atoms with Crippen LogP contribution >= 0.6 is 23.4 Å². The summed E-state index contributed by atoms with van der Waals surface area (Å²) in [6.07, 6.45) is 0. The number of benzene rings is 1. The Kier molecular flexibility index (Phi) is 5.26. The van der Waals surface area contributed by atoms with E-state index in [1.54, 1.807) is 6.07 Å². The van der Waals surface area contributed by atoms with Crippen LogP contribution in [0.15, 0.2) is 23.4 Å². The number of hydrogen-bond donors (Lipinski definition) is 2. The zero-order valence-corrected chi connectivity index (χ0v) is 14.2. The number of rotatable bonds is 4. The van der Waals surface area contributed by atoms with Gasteiger partial charge in [-0.25, -0.2) is 9.97 Å². The minimum absolute atomic E-state index is 0.164. The molecule has 22 heavy (non-hydrogen) atoms. The fourth-order valence-electron chi connectivity index (χ4n) is 2.01. The van der Waals surface area contributed by atoms with Gasteiger partial charge in [-0.05, 0) is 38.0 Å². The number of carbonyl (C=O) groups is 1. The molecule has 1 heterocycles. The molecule has 3 N–H and O–H groups in total. The number of nitrogens with two attached hydrogens (primary N) is 1. The lowest BCUT2D eigenvalue weighted by Crippen LogP contribution is -2.15. The maximum absolute atomic E-state index is 12.1. The van der Waals surface area contributed by atoms with Gasteiger partial charge < -0.3 is 11.1 Å². The Morgan fingerprint density at radius 3 is 2.64 bits per heavy atom. The summed E-state index contributed by atoms with van der Waals surface area (Å²) in [5.74, 6) is 0.419. The Hall–Kier alpha value is -1.79. The monoisotopic (exact) mass is 336 g/mol. The van der Waals surface area contributed by atoms with Crippen LogP contribution in [0.5, 0.6) is 0 Å². The largest absolute Gasteiger partial charge is 0.384 e. The number of anilines is 2. The highest BCUT2D eigenvalue weighted by Crippen LogP contribution is 2.27. The summed E-state index contributed by atoms with van der Waals surface area (Å²) < 4.78 is 0. The van der Waals surface area contributed by atoms with E-state index in [0.29, 0.717) is 21.7 Å². The highest BCUT2D eigenvalue weighted by Gasteiger charge is 2.11. The van der Waals surface area contributed by atoms with Crippen LogP contribution in [0.1, 0.15) is 16.8 Å². The first kappa shape index (κ1) is 16.6. The van der Waals surface area contributed by atoms with Crippen molar-refractivity contribution in [2.75, 3.05) is 16.8 Å². The average molecular weight is 337 g/mol. The van der Waals surface area contributed by atoms with Gasteiger partial charge in [-0.1, -0.05) is 29.4 Å². The van der Waals surface area contributed by atoms with E-state index < -0.39 is 0 Å². The van der Waals surface area contributed by atoms with Crippen molar-refractivity contribution in [1.29, 1.82) is 0 Å². The number of amides is 1. The lowest BCUT2D eigenvalue weighted by molar-refractivity contribution is -0.113. The molecule has 0 radical (unpaired) electrons. The molecule has 0 unspecified atom stereocenters.